The number of likely N-dealkylation sites (tertiary alicyclic amines) is 1. The zero-order valence-corrected chi connectivity index (χ0v) is 16.0. The molecule has 0 radical (unpaired) electrons. The first-order chi connectivity index (χ1) is 12.8. The molecular formula is C19H22ClN3O4. The molecule has 0 atom stereocenters. The first-order valence-electron chi connectivity index (χ1n) is 8.88. The van der Waals surface area contributed by atoms with E-state index in [9.17, 15) is 9.59 Å². The highest BCUT2D eigenvalue weighted by Crippen LogP contribution is 2.28. The Labute approximate surface area is 162 Å². The number of benzene rings is 1. The lowest BCUT2D eigenvalue weighted by atomic mass is 10.0. The van der Waals surface area contributed by atoms with Gasteiger partial charge < -0.3 is 14.7 Å². The van der Waals surface area contributed by atoms with E-state index in [0.717, 1.165) is 0 Å². The summed E-state index contributed by atoms with van der Waals surface area (Å²) < 4.78 is 7.43. The first kappa shape index (κ1) is 19.2. The number of carboxylic acids is 1. The van der Waals surface area contributed by atoms with Gasteiger partial charge in [0.1, 0.15) is 5.75 Å². The van der Waals surface area contributed by atoms with Crippen LogP contribution in [0, 0.1) is 0 Å². The van der Waals surface area contributed by atoms with Gasteiger partial charge in [0.15, 0.2) is 0 Å². The summed E-state index contributed by atoms with van der Waals surface area (Å²) in [6.07, 6.45) is 4.24. The lowest BCUT2D eigenvalue weighted by Crippen LogP contribution is -2.39. The van der Waals surface area contributed by atoms with Crippen molar-refractivity contribution in [3.05, 3.63) is 46.7 Å². The highest BCUT2D eigenvalue weighted by Gasteiger charge is 2.27. The fraction of sp³-hybridized carbons (Fsp3) is 0.421. The van der Waals surface area contributed by atoms with Crippen molar-refractivity contribution < 1.29 is 19.4 Å². The zero-order valence-electron chi connectivity index (χ0n) is 15.3. The minimum Gasteiger partial charge on any atom is -0.490 e. The van der Waals surface area contributed by atoms with Crippen LogP contribution in [0.4, 0.5) is 0 Å². The number of carboxylic acid groups (broad SMARTS) is 1. The first-order valence-corrected chi connectivity index (χ1v) is 9.26. The average molecular weight is 392 g/mol. The van der Waals surface area contributed by atoms with Crippen LogP contribution in [0.15, 0.2) is 30.6 Å². The molecule has 0 spiro atoms. The summed E-state index contributed by atoms with van der Waals surface area (Å²) in [5, 5.41) is 13.6. The van der Waals surface area contributed by atoms with Gasteiger partial charge in [0.05, 0.1) is 29.5 Å². The summed E-state index contributed by atoms with van der Waals surface area (Å²) >= 11 is 6.08. The highest BCUT2D eigenvalue weighted by molar-refractivity contribution is 6.31. The number of amides is 1. The Morgan fingerprint density at radius 2 is 2.00 bits per heavy atom. The van der Waals surface area contributed by atoms with Gasteiger partial charge in [-0.05, 0) is 44.9 Å². The molecule has 1 fully saturated rings. The number of aromatic carboxylic acids is 1. The largest absolute Gasteiger partial charge is 0.490 e. The summed E-state index contributed by atoms with van der Waals surface area (Å²) in [6, 6.07) is 5.15. The van der Waals surface area contributed by atoms with E-state index >= 15 is 0 Å². The predicted octanol–water partition coefficient (Wildman–Crippen LogP) is 3.50. The van der Waals surface area contributed by atoms with Crippen molar-refractivity contribution >= 4 is 23.5 Å². The molecule has 27 heavy (non-hydrogen) atoms. The van der Waals surface area contributed by atoms with Gasteiger partial charge in [-0.1, -0.05) is 11.6 Å². The van der Waals surface area contributed by atoms with Crippen molar-refractivity contribution in [1.29, 1.82) is 0 Å². The van der Waals surface area contributed by atoms with Crippen molar-refractivity contribution in [1.82, 2.24) is 14.7 Å². The quantitative estimate of drug-likeness (QED) is 0.843. The van der Waals surface area contributed by atoms with Crippen LogP contribution in [0.25, 0.3) is 0 Å². The molecule has 0 bridgehead atoms. The Balaban J connectivity index is 1.69. The molecule has 2 aromatic rings. The molecule has 144 valence electrons. The lowest BCUT2D eigenvalue weighted by Gasteiger charge is -2.32. The minimum absolute atomic E-state index is 0.0493. The molecule has 0 aliphatic carbocycles. The molecule has 7 nitrogen and oxygen atoms in total. The van der Waals surface area contributed by atoms with Crippen LogP contribution in [0.5, 0.6) is 5.75 Å². The van der Waals surface area contributed by atoms with Gasteiger partial charge in [-0.15, -0.1) is 0 Å². The molecule has 1 N–H and O–H groups in total. The third kappa shape index (κ3) is 4.42. The van der Waals surface area contributed by atoms with E-state index in [2.05, 4.69) is 5.10 Å². The molecule has 2 heterocycles. The summed E-state index contributed by atoms with van der Waals surface area (Å²) in [4.78, 5) is 25.8. The number of hydrogen-bond acceptors (Lipinski definition) is 4. The molecule has 0 unspecified atom stereocenters. The van der Waals surface area contributed by atoms with Gasteiger partial charge >= 0.3 is 5.97 Å². The molecule has 1 saturated heterocycles. The number of aromatic nitrogens is 2. The number of rotatable bonds is 5. The van der Waals surface area contributed by atoms with Crippen LogP contribution in [0.2, 0.25) is 5.02 Å². The van der Waals surface area contributed by atoms with Crippen LogP contribution in [0.1, 0.15) is 53.4 Å². The standard InChI is InChI=1S/C19H22ClN3O4/c1-12(2)27-17-4-3-14(20)9-16(17)18(24)22-7-5-15(6-8-22)23-11-13(10-21-23)19(25)26/h3-4,9-12,15H,5-8H2,1-2H3,(H,25,26). The van der Waals surface area contributed by atoms with Crippen LogP contribution < -0.4 is 4.74 Å². The second-order valence-corrected chi connectivity index (χ2v) is 7.28. The molecule has 1 aliphatic heterocycles. The zero-order chi connectivity index (χ0) is 19.6. The van der Waals surface area contributed by atoms with Crippen LogP contribution in [0.3, 0.4) is 0 Å². The van der Waals surface area contributed by atoms with E-state index in [1.165, 1.54) is 12.4 Å². The second kappa shape index (κ2) is 8.00. The van der Waals surface area contributed by atoms with Crippen molar-refractivity contribution in [2.75, 3.05) is 13.1 Å². The van der Waals surface area contributed by atoms with E-state index in [1.807, 2.05) is 13.8 Å². The maximum absolute atomic E-state index is 13.0. The maximum atomic E-state index is 13.0. The fourth-order valence-corrected chi connectivity index (χ4v) is 3.35. The molecule has 1 aromatic heterocycles. The topological polar surface area (TPSA) is 84.7 Å². The molecule has 0 saturated carbocycles. The van der Waals surface area contributed by atoms with E-state index < -0.39 is 5.97 Å². The molecule has 1 aliphatic rings. The number of nitrogens with zero attached hydrogens (tertiary/aromatic N) is 3. The van der Waals surface area contributed by atoms with Gasteiger partial charge in [0.25, 0.3) is 5.91 Å². The van der Waals surface area contributed by atoms with Crippen LogP contribution in [-0.2, 0) is 0 Å². The van der Waals surface area contributed by atoms with Crippen molar-refractivity contribution in [3.63, 3.8) is 0 Å². The van der Waals surface area contributed by atoms with Gasteiger partial charge in [0.2, 0.25) is 0 Å². The number of carbonyl (C=O) groups excluding carboxylic acids is 1. The number of carbonyl (C=O) groups is 2. The number of ether oxygens (including phenoxy) is 1. The molecule has 8 heteroatoms. The Morgan fingerprint density at radius 1 is 1.30 bits per heavy atom. The van der Waals surface area contributed by atoms with Crippen molar-refractivity contribution in [2.45, 2.75) is 38.8 Å². The summed E-state index contributed by atoms with van der Waals surface area (Å²) in [5.74, 6) is -0.578. The fourth-order valence-electron chi connectivity index (χ4n) is 3.18. The van der Waals surface area contributed by atoms with Crippen LogP contribution in [-0.4, -0.2) is 50.9 Å². The normalized spacial score (nSPS) is 15.2. The average Bonchev–Trinajstić information content (AvgIpc) is 3.13. The molecule has 3 rings (SSSR count). The smallest absolute Gasteiger partial charge is 0.338 e. The Kier molecular flexibility index (Phi) is 5.70. The van der Waals surface area contributed by atoms with Gasteiger partial charge in [-0.25, -0.2) is 4.79 Å². The van der Waals surface area contributed by atoms with Crippen molar-refractivity contribution in [2.24, 2.45) is 0 Å². The molecule has 1 aromatic carbocycles. The van der Waals surface area contributed by atoms with Gasteiger partial charge in [-0.3, -0.25) is 9.48 Å². The van der Waals surface area contributed by atoms with E-state index in [1.54, 1.807) is 27.8 Å². The van der Waals surface area contributed by atoms with E-state index in [-0.39, 0.29) is 23.6 Å². The summed E-state index contributed by atoms with van der Waals surface area (Å²) in [6.45, 7) is 4.92. The summed E-state index contributed by atoms with van der Waals surface area (Å²) in [5.41, 5.74) is 0.629. The minimum atomic E-state index is -0.993. The molecular weight excluding hydrogens is 370 g/mol. The highest BCUT2D eigenvalue weighted by atomic mass is 35.5. The Bertz CT molecular complexity index is 841. The Morgan fingerprint density at radius 3 is 2.59 bits per heavy atom. The number of hydrogen-bond donors (Lipinski definition) is 1. The monoisotopic (exact) mass is 391 g/mol. The Hall–Kier alpha value is -2.54. The van der Waals surface area contributed by atoms with Gasteiger partial charge in [0, 0.05) is 24.3 Å². The summed E-state index contributed by atoms with van der Waals surface area (Å²) in [7, 11) is 0. The molecule has 1 amide bonds. The van der Waals surface area contributed by atoms with Crippen molar-refractivity contribution in [3.8, 4) is 5.75 Å². The van der Waals surface area contributed by atoms with E-state index in [0.29, 0.717) is 42.3 Å². The third-order valence-electron chi connectivity index (χ3n) is 4.51. The lowest BCUT2D eigenvalue weighted by molar-refractivity contribution is 0.0682. The second-order valence-electron chi connectivity index (χ2n) is 6.84. The number of piperidine rings is 1. The predicted molar refractivity (Wildman–Crippen MR) is 101 cm³/mol. The van der Waals surface area contributed by atoms with Crippen LogP contribution >= 0.6 is 11.6 Å². The van der Waals surface area contributed by atoms with E-state index in [4.69, 9.17) is 21.4 Å². The van der Waals surface area contributed by atoms with Gasteiger partial charge in [-0.2, -0.15) is 5.10 Å². The number of halogens is 1. The maximum Gasteiger partial charge on any atom is 0.338 e. The third-order valence-corrected chi connectivity index (χ3v) is 4.74. The SMILES string of the molecule is CC(C)Oc1ccc(Cl)cc1C(=O)N1CCC(n2cc(C(=O)O)cn2)CC1.